The summed E-state index contributed by atoms with van der Waals surface area (Å²) in [6.07, 6.45) is 0.720. The van der Waals surface area contributed by atoms with E-state index in [1.807, 2.05) is 12.3 Å². The fourth-order valence-corrected chi connectivity index (χ4v) is 1.85. The predicted octanol–water partition coefficient (Wildman–Crippen LogP) is 1.15. The summed E-state index contributed by atoms with van der Waals surface area (Å²) in [5.41, 5.74) is 2.46. The lowest BCUT2D eigenvalue weighted by Gasteiger charge is -2.20. The van der Waals surface area contributed by atoms with Crippen molar-refractivity contribution in [3.05, 3.63) is 16.6 Å². The van der Waals surface area contributed by atoms with Gasteiger partial charge in [-0.2, -0.15) is 0 Å². The Morgan fingerprint density at radius 3 is 2.88 bits per heavy atom. The summed E-state index contributed by atoms with van der Waals surface area (Å²) in [6, 6.07) is -0.373. The van der Waals surface area contributed by atoms with Crippen molar-refractivity contribution in [2.24, 2.45) is 0 Å². The van der Waals surface area contributed by atoms with Crippen LogP contribution in [-0.2, 0) is 11.3 Å². The van der Waals surface area contributed by atoms with E-state index in [0.717, 1.165) is 12.1 Å². The molecule has 1 aromatic rings. The van der Waals surface area contributed by atoms with Crippen molar-refractivity contribution in [2.45, 2.75) is 19.9 Å². The van der Waals surface area contributed by atoms with Crippen LogP contribution < -0.4 is 5.32 Å². The zero-order valence-electron chi connectivity index (χ0n) is 9.55. The first-order chi connectivity index (χ1) is 8.13. The molecular weight excluding hydrogens is 242 g/mol. The molecule has 0 fully saturated rings. The summed E-state index contributed by atoms with van der Waals surface area (Å²) in [7, 11) is 0. The monoisotopic (exact) mass is 257 g/mol. The lowest BCUT2D eigenvalue weighted by atomic mass is 10.4. The summed E-state index contributed by atoms with van der Waals surface area (Å²) >= 11 is 1.45. The van der Waals surface area contributed by atoms with Crippen LogP contribution in [-0.4, -0.2) is 40.1 Å². The fraction of sp³-hybridized carbons (Fsp3) is 0.500. The molecule has 2 amide bonds. The molecule has 0 aliphatic rings. The average Bonchev–Trinajstić information content (AvgIpc) is 2.77. The van der Waals surface area contributed by atoms with Crippen LogP contribution in [0.25, 0.3) is 0 Å². The molecule has 6 nitrogen and oxygen atoms in total. The molecule has 0 atom stereocenters. The van der Waals surface area contributed by atoms with Gasteiger partial charge in [-0.15, -0.1) is 11.3 Å². The number of carbonyl (C=O) groups is 2. The highest BCUT2D eigenvalue weighted by Crippen LogP contribution is 2.00. The predicted molar refractivity (Wildman–Crippen MR) is 63.8 cm³/mol. The molecule has 0 spiro atoms. The second kappa shape index (κ2) is 6.85. The molecule has 1 heterocycles. The van der Waals surface area contributed by atoms with E-state index in [0.29, 0.717) is 13.1 Å². The number of urea groups is 1. The Morgan fingerprint density at radius 2 is 2.35 bits per heavy atom. The quantitative estimate of drug-likeness (QED) is 0.800. The lowest BCUT2D eigenvalue weighted by molar-refractivity contribution is -0.137. The van der Waals surface area contributed by atoms with Crippen molar-refractivity contribution < 1.29 is 14.7 Å². The highest BCUT2D eigenvalue weighted by Gasteiger charge is 2.15. The number of carbonyl (C=O) groups excluding carboxylic acids is 1. The molecule has 1 aromatic heterocycles. The Kier molecular flexibility index (Phi) is 5.41. The maximum Gasteiger partial charge on any atom is 0.323 e. The van der Waals surface area contributed by atoms with Gasteiger partial charge < -0.3 is 15.3 Å². The van der Waals surface area contributed by atoms with Crippen molar-refractivity contribution in [3.8, 4) is 0 Å². The normalized spacial score (nSPS) is 9.94. The minimum atomic E-state index is -1.01. The third kappa shape index (κ3) is 4.81. The van der Waals surface area contributed by atoms with Gasteiger partial charge in [0.25, 0.3) is 0 Å². The van der Waals surface area contributed by atoms with Crippen LogP contribution in [0.1, 0.15) is 19.0 Å². The van der Waals surface area contributed by atoms with Crippen LogP contribution in [0, 0.1) is 0 Å². The number of nitrogens with zero attached hydrogens (tertiary/aromatic N) is 2. The first-order valence-corrected chi connectivity index (χ1v) is 6.19. The molecule has 1 rings (SSSR count). The van der Waals surface area contributed by atoms with Crippen LogP contribution >= 0.6 is 11.3 Å². The van der Waals surface area contributed by atoms with E-state index in [9.17, 15) is 9.59 Å². The number of rotatable bonds is 6. The largest absolute Gasteiger partial charge is 0.480 e. The van der Waals surface area contributed by atoms with Gasteiger partial charge in [0, 0.05) is 11.9 Å². The summed E-state index contributed by atoms with van der Waals surface area (Å²) in [5.74, 6) is -1.01. The molecule has 2 N–H and O–H groups in total. The lowest BCUT2D eigenvalue weighted by Crippen LogP contribution is -2.42. The molecule has 0 bridgehead atoms. The van der Waals surface area contributed by atoms with Crippen LogP contribution in [0.2, 0.25) is 0 Å². The molecule has 0 saturated heterocycles. The highest BCUT2D eigenvalue weighted by molar-refractivity contribution is 7.07. The Bertz CT molecular complexity index is 367. The Labute approximate surface area is 103 Å². The second-order valence-corrected chi connectivity index (χ2v) is 4.17. The fourth-order valence-electron chi connectivity index (χ4n) is 1.29. The van der Waals surface area contributed by atoms with E-state index in [2.05, 4.69) is 10.3 Å². The van der Waals surface area contributed by atoms with Gasteiger partial charge in [0.05, 0.1) is 17.7 Å². The number of thiazole rings is 1. The molecule has 0 aliphatic carbocycles. The molecule has 0 aromatic carbocycles. The maximum atomic E-state index is 11.7. The Morgan fingerprint density at radius 1 is 1.59 bits per heavy atom. The Balaban J connectivity index is 2.44. The molecule has 0 aliphatic heterocycles. The number of aliphatic carboxylic acids is 1. The summed E-state index contributed by atoms with van der Waals surface area (Å²) in [5, 5.41) is 13.2. The smallest absolute Gasteiger partial charge is 0.323 e. The topological polar surface area (TPSA) is 82.5 Å². The third-order valence-corrected chi connectivity index (χ3v) is 2.65. The van der Waals surface area contributed by atoms with E-state index in [-0.39, 0.29) is 12.6 Å². The zero-order chi connectivity index (χ0) is 12.7. The van der Waals surface area contributed by atoms with Crippen LogP contribution in [0.3, 0.4) is 0 Å². The highest BCUT2D eigenvalue weighted by atomic mass is 32.1. The van der Waals surface area contributed by atoms with Crippen LogP contribution in [0.4, 0.5) is 4.79 Å². The molecule has 0 radical (unpaired) electrons. The van der Waals surface area contributed by atoms with Gasteiger partial charge in [0.1, 0.15) is 6.54 Å². The first-order valence-electron chi connectivity index (χ1n) is 5.25. The van der Waals surface area contributed by atoms with Gasteiger partial charge in [-0.1, -0.05) is 6.92 Å². The van der Waals surface area contributed by atoms with E-state index in [4.69, 9.17) is 5.11 Å². The number of aromatic nitrogens is 1. The number of amides is 2. The summed E-state index contributed by atoms with van der Waals surface area (Å²) < 4.78 is 0. The van der Waals surface area contributed by atoms with E-state index < -0.39 is 5.97 Å². The van der Waals surface area contributed by atoms with Gasteiger partial charge in [0.2, 0.25) is 0 Å². The minimum absolute atomic E-state index is 0.281. The third-order valence-electron chi connectivity index (χ3n) is 2.01. The van der Waals surface area contributed by atoms with Gasteiger partial charge >= 0.3 is 12.0 Å². The first kappa shape index (κ1) is 13.4. The van der Waals surface area contributed by atoms with Crippen molar-refractivity contribution in [3.63, 3.8) is 0 Å². The van der Waals surface area contributed by atoms with Crippen molar-refractivity contribution in [1.82, 2.24) is 15.2 Å². The van der Waals surface area contributed by atoms with E-state index in [1.165, 1.54) is 16.2 Å². The number of hydrogen-bond acceptors (Lipinski definition) is 4. The minimum Gasteiger partial charge on any atom is -0.480 e. The SMILES string of the molecule is CCCN(CC(=O)O)C(=O)NCc1cscn1. The van der Waals surface area contributed by atoms with Gasteiger partial charge in [-0.3, -0.25) is 4.79 Å². The van der Waals surface area contributed by atoms with Crippen molar-refractivity contribution in [1.29, 1.82) is 0 Å². The maximum absolute atomic E-state index is 11.7. The van der Waals surface area contributed by atoms with Gasteiger partial charge in [-0.05, 0) is 6.42 Å². The molecule has 17 heavy (non-hydrogen) atoms. The summed E-state index contributed by atoms with van der Waals surface area (Å²) in [6.45, 7) is 2.36. The number of nitrogens with one attached hydrogen (secondary N) is 1. The average molecular weight is 257 g/mol. The Hall–Kier alpha value is -1.63. The molecule has 0 saturated carbocycles. The number of carboxylic acids is 1. The number of carboxylic acid groups (broad SMARTS) is 1. The second-order valence-electron chi connectivity index (χ2n) is 3.45. The van der Waals surface area contributed by atoms with Gasteiger partial charge in [0.15, 0.2) is 0 Å². The van der Waals surface area contributed by atoms with Gasteiger partial charge in [-0.25, -0.2) is 9.78 Å². The summed E-state index contributed by atoms with van der Waals surface area (Å²) in [4.78, 5) is 27.6. The van der Waals surface area contributed by atoms with Crippen molar-refractivity contribution in [2.75, 3.05) is 13.1 Å². The van der Waals surface area contributed by atoms with E-state index in [1.54, 1.807) is 5.51 Å². The molecule has 0 unspecified atom stereocenters. The number of hydrogen-bond donors (Lipinski definition) is 2. The molecule has 7 heteroatoms. The molecular formula is C10H15N3O3S. The van der Waals surface area contributed by atoms with E-state index >= 15 is 0 Å². The van der Waals surface area contributed by atoms with Crippen LogP contribution in [0.5, 0.6) is 0 Å². The standard InChI is InChI=1S/C10H15N3O3S/c1-2-3-13(5-9(14)15)10(16)11-4-8-6-17-7-12-8/h6-7H,2-5H2,1H3,(H,11,16)(H,14,15). The van der Waals surface area contributed by atoms with Crippen molar-refractivity contribution >= 4 is 23.3 Å². The molecule has 94 valence electrons. The van der Waals surface area contributed by atoms with Crippen LogP contribution in [0.15, 0.2) is 10.9 Å². The zero-order valence-corrected chi connectivity index (χ0v) is 10.4.